The second-order valence-corrected chi connectivity index (χ2v) is 6.44. The Balaban J connectivity index is 1.42. The van der Waals surface area contributed by atoms with E-state index in [1.165, 1.54) is 0 Å². The van der Waals surface area contributed by atoms with Gasteiger partial charge in [0, 0.05) is 30.8 Å². The molecule has 2 N–H and O–H groups in total. The van der Waals surface area contributed by atoms with Crippen LogP contribution in [-0.2, 0) is 11.2 Å². The topological polar surface area (TPSA) is 122 Å². The summed E-state index contributed by atoms with van der Waals surface area (Å²) >= 11 is 0. The molecule has 3 heterocycles. The van der Waals surface area contributed by atoms with E-state index < -0.39 is 6.04 Å². The molecule has 9 heteroatoms. The van der Waals surface area contributed by atoms with Crippen LogP contribution in [-0.4, -0.2) is 36.2 Å². The molecule has 1 aromatic carbocycles. The third kappa shape index (κ3) is 4.52. The van der Waals surface area contributed by atoms with Crippen LogP contribution < -0.4 is 5.32 Å². The van der Waals surface area contributed by atoms with Gasteiger partial charge in [-0.3, -0.25) is 14.9 Å². The average molecular weight is 389 g/mol. The van der Waals surface area contributed by atoms with Gasteiger partial charge >= 0.3 is 0 Å². The Hall–Kier alpha value is -3.88. The molecule has 0 bridgehead atoms. The van der Waals surface area contributed by atoms with Gasteiger partial charge in [0.1, 0.15) is 11.9 Å². The molecule has 3 aromatic heterocycles. The molecule has 0 aliphatic carbocycles. The lowest BCUT2D eigenvalue weighted by Crippen LogP contribution is -2.30. The van der Waals surface area contributed by atoms with Crippen LogP contribution in [0.4, 0.5) is 0 Å². The summed E-state index contributed by atoms with van der Waals surface area (Å²) in [6, 6.07) is 12.7. The first-order valence-corrected chi connectivity index (χ1v) is 9.15. The fourth-order valence-corrected chi connectivity index (χ4v) is 2.86. The molecule has 1 unspecified atom stereocenters. The Morgan fingerprint density at radius 3 is 2.66 bits per heavy atom. The second-order valence-electron chi connectivity index (χ2n) is 6.44. The molecule has 146 valence electrons. The molecule has 29 heavy (non-hydrogen) atoms. The molecule has 0 spiro atoms. The van der Waals surface area contributed by atoms with Gasteiger partial charge < -0.3 is 9.84 Å². The van der Waals surface area contributed by atoms with E-state index in [4.69, 9.17) is 4.52 Å². The highest BCUT2D eigenvalue weighted by atomic mass is 16.5. The molecule has 4 rings (SSSR count). The number of rotatable bonds is 7. The maximum absolute atomic E-state index is 12.6. The first-order chi connectivity index (χ1) is 14.2. The standard InChI is InChI=1S/C20H19N7O2/c1-13-22-20(26-25-13)18(14-5-3-2-4-6-14)23-16(28)7-8-17-24-19(27-29-17)15-9-11-21-12-10-15/h2-6,9-12,18H,7-8H2,1H3,(H,23,28)(H,22,25,26). The molecular formula is C20H19N7O2. The van der Waals surface area contributed by atoms with Crippen LogP contribution in [0, 0.1) is 6.92 Å². The molecule has 0 fully saturated rings. The Kier molecular flexibility index (Phi) is 5.37. The van der Waals surface area contributed by atoms with Crippen LogP contribution in [0.2, 0.25) is 0 Å². The van der Waals surface area contributed by atoms with Gasteiger partial charge in [-0.15, -0.1) is 0 Å². The predicted molar refractivity (Wildman–Crippen MR) is 103 cm³/mol. The van der Waals surface area contributed by atoms with Crippen molar-refractivity contribution >= 4 is 5.91 Å². The third-order valence-electron chi connectivity index (χ3n) is 4.28. The summed E-state index contributed by atoms with van der Waals surface area (Å²) in [5.41, 5.74) is 1.71. The van der Waals surface area contributed by atoms with Crippen molar-refractivity contribution in [3.63, 3.8) is 0 Å². The van der Waals surface area contributed by atoms with Crippen molar-refractivity contribution in [3.05, 3.63) is 78.0 Å². The van der Waals surface area contributed by atoms with Crippen molar-refractivity contribution in [2.24, 2.45) is 0 Å². The van der Waals surface area contributed by atoms with Gasteiger partial charge in [0.15, 0.2) is 5.82 Å². The van der Waals surface area contributed by atoms with Crippen molar-refractivity contribution in [2.75, 3.05) is 0 Å². The molecule has 1 amide bonds. The summed E-state index contributed by atoms with van der Waals surface area (Å²) in [5, 5.41) is 14.0. The Labute approximate surface area is 166 Å². The van der Waals surface area contributed by atoms with Crippen LogP contribution in [0.25, 0.3) is 11.4 Å². The Bertz CT molecular complexity index is 1080. The maximum Gasteiger partial charge on any atom is 0.227 e. The summed E-state index contributed by atoms with van der Waals surface area (Å²) in [6.45, 7) is 1.82. The van der Waals surface area contributed by atoms with Crippen molar-refractivity contribution in [1.29, 1.82) is 0 Å². The quantitative estimate of drug-likeness (QED) is 0.497. The summed E-state index contributed by atoms with van der Waals surface area (Å²) in [4.78, 5) is 25.3. The normalized spacial score (nSPS) is 11.9. The van der Waals surface area contributed by atoms with E-state index in [1.54, 1.807) is 24.5 Å². The largest absolute Gasteiger partial charge is 0.342 e. The van der Waals surface area contributed by atoms with Gasteiger partial charge in [-0.1, -0.05) is 35.5 Å². The molecule has 0 saturated heterocycles. The minimum absolute atomic E-state index is 0.162. The highest BCUT2D eigenvalue weighted by Crippen LogP contribution is 2.19. The first kappa shape index (κ1) is 18.5. The van der Waals surface area contributed by atoms with Crippen molar-refractivity contribution in [3.8, 4) is 11.4 Å². The lowest BCUT2D eigenvalue weighted by Gasteiger charge is -2.16. The van der Waals surface area contributed by atoms with Gasteiger partial charge in [-0.05, 0) is 24.6 Å². The smallest absolute Gasteiger partial charge is 0.227 e. The van der Waals surface area contributed by atoms with E-state index in [0.717, 1.165) is 11.1 Å². The number of benzene rings is 1. The Morgan fingerprint density at radius 2 is 1.93 bits per heavy atom. The molecule has 0 radical (unpaired) electrons. The molecule has 4 aromatic rings. The molecule has 9 nitrogen and oxygen atoms in total. The number of H-pyrrole nitrogens is 1. The van der Waals surface area contributed by atoms with E-state index >= 15 is 0 Å². The number of hydrogen-bond acceptors (Lipinski definition) is 7. The van der Waals surface area contributed by atoms with Crippen LogP contribution >= 0.6 is 0 Å². The zero-order valence-corrected chi connectivity index (χ0v) is 15.7. The van der Waals surface area contributed by atoms with Crippen LogP contribution in [0.1, 0.15) is 35.6 Å². The summed E-state index contributed by atoms with van der Waals surface area (Å²) < 4.78 is 5.26. The first-order valence-electron chi connectivity index (χ1n) is 9.15. The van der Waals surface area contributed by atoms with E-state index in [1.807, 2.05) is 37.3 Å². The fraction of sp³-hybridized carbons (Fsp3) is 0.200. The number of pyridine rings is 1. The van der Waals surface area contributed by atoms with Gasteiger partial charge in [0.05, 0.1) is 0 Å². The number of aromatic nitrogens is 6. The highest BCUT2D eigenvalue weighted by molar-refractivity contribution is 5.77. The van der Waals surface area contributed by atoms with Gasteiger partial charge in [0.2, 0.25) is 17.6 Å². The monoisotopic (exact) mass is 389 g/mol. The highest BCUT2D eigenvalue weighted by Gasteiger charge is 2.21. The lowest BCUT2D eigenvalue weighted by atomic mass is 10.1. The zero-order valence-electron chi connectivity index (χ0n) is 15.7. The number of nitrogens with one attached hydrogen (secondary N) is 2. The van der Waals surface area contributed by atoms with E-state index in [2.05, 4.69) is 35.6 Å². The van der Waals surface area contributed by atoms with E-state index in [-0.39, 0.29) is 12.3 Å². The van der Waals surface area contributed by atoms with Crippen molar-refractivity contribution < 1.29 is 9.32 Å². The zero-order chi connectivity index (χ0) is 20.1. The third-order valence-corrected chi connectivity index (χ3v) is 4.28. The van der Waals surface area contributed by atoms with Crippen molar-refractivity contribution in [2.45, 2.75) is 25.8 Å². The molecule has 0 saturated carbocycles. The van der Waals surface area contributed by atoms with E-state index in [0.29, 0.717) is 29.8 Å². The number of nitrogens with zero attached hydrogens (tertiary/aromatic N) is 5. The minimum Gasteiger partial charge on any atom is -0.342 e. The molecular weight excluding hydrogens is 370 g/mol. The maximum atomic E-state index is 12.6. The molecule has 0 aliphatic rings. The minimum atomic E-state index is -0.441. The van der Waals surface area contributed by atoms with E-state index in [9.17, 15) is 4.79 Å². The molecule has 1 atom stereocenters. The molecule has 0 aliphatic heterocycles. The fourth-order valence-electron chi connectivity index (χ4n) is 2.86. The van der Waals surface area contributed by atoms with Crippen LogP contribution in [0.15, 0.2) is 59.4 Å². The van der Waals surface area contributed by atoms with Gasteiger partial charge in [-0.25, -0.2) is 4.98 Å². The SMILES string of the molecule is Cc1nc(C(NC(=O)CCc2nc(-c3ccncc3)no2)c2ccccc2)n[nH]1. The number of carbonyl (C=O) groups excluding carboxylic acids is 1. The number of aryl methyl sites for hydroxylation is 2. The van der Waals surface area contributed by atoms with Gasteiger partial charge in [-0.2, -0.15) is 10.1 Å². The van der Waals surface area contributed by atoms with Crippen molar-refractivity contribution in [1.82, 2.24) is 35.6 Å². The average Bonchev–Trinajstić information content (AvgIpc) is 3.41. The number of carbonyl (C=O) groups is 1. The van der Waals surface area contributed by atoms with Crippen LogP contribution in [0.5, 0.6) is 0 Å². The van der Waals surface area contributed by atoms with Gasteiger partial charge in [0.25, 0.3) is 0 Å². The van der Waals surface area contributed by atoms with Crippen LogP contribution in [0.3, 0.4) is 0 Å². The summed E-state index contributed by atoms with van der Waals surface area (Å²) in [5.74, 6) is 1.91. The predicted octanol–water partition coefficient (Wildman–Crippen LogP) is 2.40. The summed E-state index contributed by atoms with van der Waals surface area (Å²) in [7, 11) is 0. The number of hydrogen-bond donors (Lipinski definition) is 2. The lowest BCUT2D eigenvalue weighted by molar-refractivity contribution is -0.121. The second kappa shape index (κ2) is 8.42. The number of amides is 1. The number of aromatic amines is 1. The summed E-state index contributed by atoms with van der Waals surface area (Å²) in [6.07, 6.45) is 3.85. The Morgan fingerprint density at radius 1 is 1.14 bits per heavy atom.